The zero-order chi connectivity index (χ0) is 13.9. The number of nitro benzene ring substituents is 1. The van der Waals surface area contributed by atoms with Crippen LogP contribution in [0.2, 0.25) is 0 Å². The summed E-state index contributed by atoms with van der Waals surface area (Å²) >= 11 is 0. The van der Waals surface area contributed by atoms with E-state index < -0.39 is 0 Å². The van der Waals surface area contributed by atoms with E-state index >= 15 is 0 Å². The van der Waals surface area contributed by atoms with Crippen LogP contribution >= 0.6 is 0 Å². The maximum Gasteiger partial charge on any atom is 0.276 e. The van der Waals surface area contributed by atoms with Gasteiger partial charge in [-0.25, -0.2) is 0 Å². The Morgan fingerprint density at radius 1 is 1.25 bits per heavy atom. The molecule has 0 saturated heterocycles. The lowest BCUT2D eigenvalue weighted by Gasteiger charge is -2.24. The van der Waals surface area contributed by atoms with Crippen LogP contribution in [0.3, 0.4) is 0 Å². The monoisotopic (exact) mass is 267 g/mol. The van der Waals surface area contributed by atoms with Gasteiger partial charge in [-0.05, 0) is 23.8 Å². The highest BCUT2D eigenvalue weighted by Crippen LogP contribution is 2.28. The van der Waals surface area contributed by atoms with Crippen LogP contribution in [0, 0.1) is 10.1 Å². The number of fused-ring (bicyclic) bond motifs is 1. The van der Waals surface area contributed by atoms with Crippen LogP contribution in [0.25, 0.3) is 6.08 Å². The van der Waals surface area contributed by atoms with Crippen LogP contribution in [-0.4, -0.2) is 14.8 Å². The van der Waals surface area contributed by atoms with Crippen LogP contribution in [0.15, 0.2) is 48.8 Å². The lowest BCUT2D eigenvalue weighted by atomic mass is 10.0. The maximum absolute atomic E-state index is 11.0. The van der Waals surface area contributed by atoms with Gasteiger partial charge >= 0.3 is 0 Å². The van der Waals surface area contributed by atoms with Crippen LogP contribution < -0.4 is 0 Å². The molecule has 0 amide bonds. The standard InChI is InChI=1S/C15H13N3O2/c19-18(20)15-6-3-4-12-10-17(9-7-14(12)15)11-13-5-1-2-8-16-13/h1-9H,10-11H2. The van der Waals surface area contributed by atoms with Crippen molar-refractivity contribution in [3.05, 3.63) is 75.7 Å². The Morgan fingerprint density at radius 3 is 2.90 bits per heavy atom. The molecule has 3 rings (SSSR count). The van der Waals surface area contributed by atoms with E-state index in [1.165, 1.54) is 6.07 Å². The molecular weight excluding hydrogens is 254 g/mol. The van der Waals surface area contributed by atoms with Gasteiger partial charge in [0.15, 0.2) is 0 Å². The summed E-state index contributed by atoms with van der Waals surface area (Å²) in [6, 6.07) is 11.0. The highest BCUT2D eigenvalue weighted by molar-refractivity contribution is 5.65. The number of benzene rings is 1. The van der Waals surface area contributed by atoms with Crippen molar-refractivity contribution in [3.63, 3.8) is 0 Å². The summed E-state index contributed by atoms with van der Waals surface area (Å²) in [6.07, 6.45) is 5.46. The van der Waals surface area contributed by atoms with Gasteiger partial charge in [-0.3, -0.25) is 15.1 Å². The lowest BCUT2D eigenvalue weighted by molar-refractivity contribution is -0.385. The van der Waals surface area contributed by atoms with E-state index in [0.717, 1.165) is 11.3 Å². The smallest absolute Gasteiger partial charge is 0.276 e. The van der Waals surface area contributed by atoms with E-state index in [9.17, 15) is 10.1 Å². The molecule has 1 aliphatic rings. The van der Waals surface area contributed by atoms with Crippen molar-refractivity contribution < 1.29 is 4.92 Å². The fourth-order valence-corrected chi connectivity index (χ4v) is 2.35. The Morgan fingerprint density at radius 2 is 2.15 bits per heavy atom. The van der Waals surface area contributed by atoms with Crippen molar-refractivity contribution in [1.82, 2.24) is 9.88 Å². The molecular formula is C15H13N3O2. The second kappa shape index (κ2) is 5.13. The predicted molar refractivity (Wildman–Crippen MR) is 75.6 cm³/mol. The number of nitrogens with zero attached hydrogens (tertiary/aromatic N) is 3. The normalized spacial score (nSPS) is 13.1. The van der Waals surface area contributed by atoms with Gasteiger partial charge in [-0.2, -0.15) is 0 Å². The average Bonchev–Trinajstić information content (AvgIpc) is 2.47. The van der Waals surface area contributed by atoms with E-state index in [1.54, 1.807) is 18.3 Å². The molecule has 1 aliphatic heterocycles. The van der Waals surface area contributed by atoms with Crippen molar-refractivity contribution in [3.8, 4) is 0 Å². The van der Waals surface area contributed by atoms with E-state index in [1.807, 2.05) is 30.5 Å². The topological polar surface area (TPSA) is 59.3 Å². The molecule has 1 aromatic carbocycles. The van der Waals surface area contributed by atoms with Crippen LogP contribution in [-0.2, 0) is 13.1 Å². The van der Waals surface area contributed by atoms with Crippen LogP contribution in [0.1, 0.15) is 16.8 Å². The van der Waals surface area contributed by atoms with Crippen LogP contribution in [0.5, 0.6) is 0 Å². The number of nitro groups is 1. The highest BCUT2D eigenvalue weighted by atomic mass is 16.6. The molecule has 0 unspecified atom stereocenters. The SMILES string of the molecule is O=[N+]([O-])c1cccc2c1C=CN(Cc1ccccn1)C2. The van der Waals surface area contributed by atoms with Gasteiger partial charge in [-0.15, -0.1) is 0 Å². The molecule has 0 atom stereocenters. The molecule has 5 heteroatoms. The van der Waals surface area contributed by atoms with Crippen molar-refractivity contribution in [2.45, 2.75) is 13.1 Å². The maximum atomic E-state index is 11.0. The summed E-state index contributed by atoms with van der Waals surface area (Å²) in [5, 5.41) is 11.0. The van der Waals surface area contributed by atoms with E-state index in [-0.39, 0.29) is 10.6 Å². The number of hydrogen-bond donors (Lipinski definition) is 0. The molecule has 0 aliphatic carbocycles. The number of pyridine rings is 1. The Labute approximate surface area is 116 Å². The fourth-order valence-electron chi connectivity index (χ4n) is 2.35. The van der Waals surface area contributed by atoms with Gasteiger partial charge < -0.3 is 4.90 Å². The van der Waals surface area contributed by atoms with E-state index in [4.69, 9.17) is 0 Å². The largest absolute Gasteiger partial charge is 0.367 e. The quantitative estimate of drug-likeness (QED) is 0.633. The predicted octanol–water partition coefficient (Wildman–Crippen LogP) is 2.98. The molecule has 0 fully saturated rings. The Bertz CT molecular complexity index is 668. The summed E-state index contributed by atoms with van der Waals surface area (Å²) < 4.78 is 0. The Balaban J connectivity index is 1.84. The molecule has 5 nitrogen and oxygen atoms in total. The van der Waals surface area contributed by atoms with Crippen LogP contribution in [0.4, 0.5) is 5.69 Å². The van der Waals surface area contributed by atoms with Gasteiger partial charge in [-0.1, -0.05) is 18.2 Å². The molecule has 0 spiro atoms. The average molecular weight is 267 g/mol. The lowest BCUT2D eigenvalue weighted by Crippen LogP contribution is -2.20. The molecule has 2 aromatic rings. The first-order valence-corrected chi connectivity index (χ1v) is 6.32. The van der Waals surface area contributed by atoms with Crippen molar-refractivity contribution in [1.29, 1.82) is 0 Å². The minimum absolute atomic E-state index is 0.163. The first-order chi connectivity index (χ1) is 9.74. The number of hydrogen-bond acceptors (Lipinski definition) is 4. The first kappa shape index (κ1) is 12.3. The minimum atomic E-state index is -0.336. The van der Waals surface area contributed by atoms with Gasteiger partial charge in [0, 0.05) is 25.0 Å². The molecule has 20 heavy (non-hydrogen) atoms. The fraction of sp³-hybridized carbons (Fsp3) is 0.133. The summed E-state index contributed by atoms with van der Waals surface area (Å²) in [6.45, 7) is 1.35. The van der Waals surface area contributed by atoms with Gasteiger partial charge in [0.25, 0.3) is 5.69 Å². The zero-order valence-corrected chi connectivity index (χ0v) is 10.8. The Hall–Kier alpha value is -2.69. The third kappa shape index (κ3) is 2.38. The van der Waals surface area contributed by atoms with E-state index in [2.05, 4.69) is 9.88 Å². The van der Waals surface area contributed by atoms with Crippen molar-refractivity contribution in [2.75, 3.05) is 0 Å². The Kier molecular flexibility index (Phi) is 3.16. The molecule has 0 saturated carbocycles. The minimum Gasteiger partial charge on any atom is -0.367 e. The molecule has 0 bridgehead atoms. The highest BCUT2D eigenvalue weighted by Gasteiger charge is 2.19. The van der Waals surface area contributed by atoms with Crippen molar-refractivity contribution >= 4 is 11.8 Å². The number of aromatic nitrogens is 1. The van der Waals surface area contributed by atoms with Gasteiger partial charge in [0.1, 0.15) is 0 Å². The molecule has 100 valence electrons. The zero-order valence-electron chi connectivity index (χ0n) is 10.8. The molecule has 0 N–H and O–H groups in total. The summed E-state index contributed by atoms with van der Waals surface area (Å²) in [7, 11) is 0. The van der Waals surface area contributed by atoms with Gasteiger partial charge in [0.2, 0.25) is 0 Å². The van der Waals surface area contributed by atoms with Gasteiger partial charge in [0.05, 0.1) is 22.7 Å². The first-order valence-electron chi connectivity index (χ1n) is 6.32. The summed E-state index contributed by atoms with van der Waals surface area (Å²) in [5.74, 6) is 0. The third-order valence-electron chi connectivity index (χ3n) is 3.29. The third-order valence-corrected chi connectivity index (χ3v) is 3.29. The molecule has 0 radical (unpaired) electrons. The van der Waals surface area contributed by atoms with E-state index in [0.29, 0.717) is 18.7 Å². The molecule has 1 aromatic heterocycles. The molecule has 2 heterocycles. The summed E-state index contributed by atoms with van der Waals surface area (Å²) in [4.78, 5) is 17.0. The van der Waals surface area contributed by atoms with Crippen molar-refractivity contribution in [2.24, 2.45) is 0 Å². The second-order valence-electron chi connectivity index (χ2n) is 4.65. The summed E-state index contributed by atoms with van der Waals surface area (Å²) in [5.41, 5.74) is 2.81. The second-order valence-corrected chi connectivity index (χ2v) is 4.65. The number of rotatable bonds is 3.